The molecule has 102 valence electrons. The molecule has 0 unspecified atom stereocenters. The van der Waals surface area contributed by atoms with Gasteiger partial charge in [0.1, 0.15) is 5.82 Å². The summed E-state index contributed by atoms with van der Waals surface area (Å²) in [4.78, 5) is 4.84. The molecule has 6 heteroatoms. The lowest BCUT2D eigenvalue weighted by Crippen LogP contribution is -2.45. The minimum atomic E-state index is 0.654. The maximum Gasteiger partial charge on any atom is 0.179 e. The van der Waals surface area contributed by atoms with E-state index in [2.05, 4.69) is 27.0 Å². The van der Waals surface area contributed by atoms with E-state index >= 15 is 0 Å². The highest BCUT2D eigenvalue weighted by molar-refractivity contribution is 6.33. The Kier molecular flexibility index (Phi) is 3.68. The number of nitrogens with zero attached hydrogens (tertiary/aromatic N) is 5. The maximum absolute atomic E-state index is 6.10. The van der Waals surface area contributed by atoms with Crippen molar-refractivity contribution >= 4 is 17.2 Å². The van der Waals surface area contributed by atoms with E-state index in [1.165, 1.54) is 0 Å². The Balaban J connectivity index is 1.67. The number of piperazine rings is 1. The second kappa shape index (κ2) is 5.45. The molecule has 0 atom stereocenters. The third-order valence-corrected chi connectivity index (χ3v) is 4.00. The Hall–Kier alpha value is -1.17. The summed E-state index contributed by atoms with van der Waals surface area (Å²) in [6, 6.07) is 3.77. The monoisotopic (exact) mass is 279 g/mol. The molecule has 2 aromatic rings. The van der Waals surface area contributed by atoms with Crippen LogP contribution in [0.2, 0.25) is 5.02 Å². The molecule has 1 saturated heterocycles. The topological polar surface area (TPSA) is 36.7 Å². The maximum atomic E-state index is 6.10. The molecule has 2 aromatic heterocycles. The first-order chi connectivity index (χ1) is 9.24. The van der Waals surface area contributed by atoms with Crippen LogP contribution >= 0.6 is 11.6 Å². The van der Waals surface area contributed by atoms with E-state index in [0.29, 0.717) is 5.02 Å². The largest absolute Gasteiger partial charge is 0.304 e. The van der Waals surface area contributed by atoms with Crippen molar-refractivity contribution in [2.45, 2.75) is 6.42 Å². The number of pyridine rings is 1. The number of hydrogen-bond acceptors (Lipinski definition) is 4. The van der Waals surface area contributed by atoms with E-state index in [4.69, 9.17) is 11.6 Å². The predicted molar refractivity (Wildman–Crippen MR) is 75.6 cm³/mol. The van der Waals surface area contributed by atoms with Gasteiger partial charge in [-0.2, -0.15) is 0 Å². The molecular weight excluding hydrogens is 262 g/mol. The number of rotatable bonds is 3. The average Bonchev–Trinajstić information content (AvgIpc) is 2.83. The fourth-order valence-electron chi connectivity index (χ4n) is 2.43. The van der Waals surface area contributed by atoms with Crippen molar-refractivity contribution in [3.63, 3.8) is 0 Å². The Morgan fingerprint density at radius 2 is 2.00 bits per heavy atom. The summed E-state index contributed by atoms with van der Waals surface area (Å²) >= 11 is 6.10. The summed E-state index contributed by atoms with van der Waals surface area (Å²) in [6.07, 6.45) is 2.88. The molecule has 0 radical (unpaired) electrons. The van der Waals surface area contributed by atoms with Crippen LogP contribution in [0, 0.1) is 0 Å². The fraction of sp³-hybridized carbons (Fsp3) is 0.538. The molecule has 0 aromatic carbocycles. The van der Waals surface area contributed by atoms with Crippen LogP contribution in [-0.2, 0) is 6.42 Å². The van der Waals surface area contributed by atoms with Crippen molar-refractivity contribution in [2.75, 3.05) is 39.8 Å². The number of aromatic nitrogens is 3. The molecule has 0 spiro atoms. The third kappa shape index (κ3) is 2.73. The van der Waals surface area contributed by atoms with E-state index in [0.717, 1.165) is 50.6 Å². The van der Waals surface area contributed by atoms with Crippen LogP contribution in [0.5, 0.6) is 0 Å². The van der Waals surface area contributed by atoms with E-state index in [1.807, 2.05) is 22.7 Å². The van der Waals surface area contributed by atoms with E-state index in [1.54, 1.807) is 0 Å². The molecule has 1 aliphatic heterocycles. The van der Waals surface area contributed by atoms with Gasteiger partial charge in [0.15, 0.2) is 5.65 Å². The highest BCUT2D eigenvalue weighted by Crippen LogP contribution is 2.15. The molecule has 3 rings (SSSR count). The summed E-state index contributed by atoms with van der Waals surface area (Å²) in [7, 11) is 2.17. The summed E-state index contributed by atoms with van der Waals surface area (Å²) in [5, 5.41) is 9.05. The van der Waals surface area contributed by atoms with Crippen LogP contribution in [0.1, 0.15) is 5.82 Å². The lowest BCUT2D eigenvalue weighted by atomic mass is 10.3. The molecular formula is C13H18ClN5. The predicted octanol–water partition coefficient (Wildman–Crippen LogP) is 1.17. The van der Waals surface area contributed by atoms with Crippen molar-refractivity contribution in [3.8, 4) is 0 Å². The molecule has 0 amide bonds. The van der Waals surface area contributed by atoms with Crippen LogP contribution in [0.25, 0.3) is 5.65 Å². The first-order valence-corrected chi connectivity index (χ1v) is 7.01. The van der Waals surface area contributed by atoms with Gasteiger partial charge < -0.3 is 9.80 Å². The number of fused-ring (bicyclic) bond motifs is 1. The van der Waals surface area contributed by atoms with Gasteiger partial charge in [0.2, 0.25) is 0 Å². The standard InChI is InChI=1S/C13H18ClN5/c1-17-7-9-18(10-8-17)6-4-12-15-16-13-11(14)3-2-5-19(12)13/h2-3,5H,4,6-10H2,1H3. The summed E-state index contributed by atoms with van der Waals surface area (Å²) in [5.74, 6) is 0.983. The van der Waals surface area contributed by atoms with Gasteiger partial charge in [-0.15, -0.1) is 10.2 Å². The van der Waals surface area contributed by atoms with Crippen LogP contribution < -0.4 is 0 Å². The Morgan fingerprint density at radius 3 is 2.79 bits per heavy atom. The molecule has 1 fully saturated rings. The third-order valence-electron chi connectivity index (χ3n) is 3.71. The molecule has 0 bridgehead atoms. The molecule has 0 aliphatic carbocycles. The van der Waals surface area contributed by atoms with Crippen LogP contribution in [0.3, 0.4) is 0 Å². The number of likely N-dealkylation sites (N-methyl/N-ethyl adjacent to an activating group) is 1. The summed E-state index contributed by atoms with van der Waals surface area (Å²) < 4.78 is 1.98. The Bertz CT molecular complexity index is 559. The lowest BCUT2D eigenvalue weighted by molar-refractivity contribution is 0.155. The highest BCUT2D eigenvalue weighted by Gasteiger charge is 2.15. The second-order valence-corrected chi connectivity index (χ2v) is 5.47. The smallest absolute Gasteiger partial charge is 0.179 e. The zero-order valence-electron chi connectivity index (χ0n) is 11.1. The van der Waals surface area contributed by atoms with Crippen molar-refractivity contribution in [1.82, 2.24) is 24.4 Å². The zero-order chi connectivity index (χ0) is 13.2. The minimum absolute atomic E-state index is 0.654. The van der Waals surface area contributed by atoms with Crippen molar-refractivity contribution < 1.29 is 0 Å². The molecule has 5 nitrogen and oxygen atoms in total. The second-order valence-electron chi connectivity index (χ2n) is 5.06. The molecule has 0 N–H and O–H groups in total. The van der Waals surface area contributed by atoms with Crippen LogP contribution in [0.15, 0.2) is 18.3 Å². The van der Waals surface area contributed by atoms with E-state index < -0.39 is 0 Å². The van der Waals surface area contributed by atoms with Crippen LogP contribution in [-0.4, -0.2) is 64.2 Å². The van der Waals surface area contributed by atoms with E-state index in [9.17, 15) is 0 Å². The van der Waals surface area contributed by atoms with Gasteiger partial charge in [0.25, 0.3) is 0 Å². The summed E-state index contributed by atoms with van der Waals surface area (Å²) in [5.41, 5.74) is 0.748. The van der Waals surface area contributed by atoms with E-state index in [-0.39, 0.29) is 0 Å². The number of hydrogen-bond donors (Lipinski definition) is 0. The van der Waals surface area contributed by atoms with Gasteiger partial charge in [-0.3, -0.25) is 4.40 Å². The fourth-order valence-corrected chi connectivity index (χ4v) is 2.63. The Morgan fingerprint density at radius 1 is 1.21 bits per heavy atom. The molecule has 19 heavy (non-hydrogen) atoms. The van der Waals surface area contributed by atoms with Gasteiger partial charge in [-0.25, -0.2) is 0 Å². The van der Waals surface area contributed by atoms with Gasteiger partial charge in [0.05, 0.1) is 5.02 Å². The molecule has 3 heterocycles. The van der Waals surface area contributed by atoms with Crippen molar-refractivity contribution in [3.05, 3.63) is 29.2 Å². The van der Waals surface area contributed by atoms with Crippen LogP contribution in [0.4, 0.5) is 0 Å². The zero-order valence-corrected chi connectivity index (χ0v) is 11.8. The van der Waals surface area contributed by atoms with Gasteiger partial charge >= 0.3 is 0 Å². The van der Waals surface area contributed by atoms with Crippen molar-refractivity contribution in [1.29, 1.82) is 0 Å². The van der Waals surface area contributed by atoms with Gasteiger partial charge in [-0.05, 0) is 19.2 Å². The Labute approximate surface area is 117 Å². The summed E-state index contributed by atoms with van der Waals surface area (Å²) in [6.45, 7) is 5.59. The average molecular weight is 280 g/mol. The van der Waals surface area contributed by atoms with Gasteiger partial charge in [-0.1, -0.05) is 11.6 Å². The highest BCUT2D eigenvalue weighted by atomic mass is 35.5. The minimum Gasteiger partial charge on any atom is -0.304 e. The normalized spacial score (nSPS) is 18.2. The van der Waals surface area contributed by atoms with Gasteiger partial charge in [0, 0.05) is 45.3 Å². The SMILES string of the molecule is CN1CCN(CCc2nnc3c(Cl)cccn23)CC1. The van der Waals surface area contributed by atoms with Crippen molar-refractivity contribution in [2.24, 2.45) is 0 Å². The number of halogens is 1. The first kappa shape index (κ1) is 12.8. The molecule has 1 aliphatic rings. The first-order valence-electron chi connectivity index (χ1n) is 6.63. The lowest BCUT2D eigenvalue weighted by Gasteiger charge is -2.32. The quantitative estimate of drug-likeness (QED) is 0.845. The molecule has 0 saturated carbocycles.